The summed E-state index contributed by atoms with van der Waals surface area (Å²) in [6.07, 6.45) is 2.65. The van der Waals surface area contributed by atoms with Crippen LogP contribution < -0.4 is 10.6 Å². The molecule has 1 aliphatic rings. The lowest BCUT2D eigenvalue weighted by Crippen LogP contribution is -2.26. The van der Waals surface area contributed by atoms with E-state index >= 15 is 0 Å². The molecule has 0 aliphatic carbocycles. The highest BCUT2D eigenvalue weighted by Gasteiger charge is 2.12. The number of hydrogen-bond donors (Lipinski definition) is 2. The van der Waals surface area contributed by atoms with Gasteiger partial charge in [-0.25, -0.2) is 9.67 Å². The van der Waals surface area contributed by atoms with Gasteiger partial charge >= 0.3 is 0 Å². The fourth-order valence-corrected chi connectivity index (χ4v) is 2.42. The van der Waals surface area contributed by atoms with Gasteiger partial charge in [-0.1, -0.05) is 19.1 Å². The van der Waals surface area contributed by atoms with Crippen LogP contribution >= 0.6 is 0 Å². The molecule has 1 aromatic carbocycles. The van der Waals surface area contributed by atoms with Gasteiger partial charge in [0.05, 0.1) is 13.1 Å². The molecule has 0 fully saturated rings. The highest BCUT2D eigenvalue weighted by molar-refractivity contribution is 5.88. The average Bonchev–Trinajstić information content (AvgIpc) is 3.17. The second-order valence-corrected chi connectivity index (χ2v) is 4.96. The first-order chi connectivity index (χ1) is 10.4. The quantitative estimate of drug-likeness (QED) is 0.848. The predicted molar refractivity (Wildman–Crippen MR) is 84.5 cm³/mol. The van der Waals surface area contributed by atoms with Crippen LogP contribution in [0.25, 0.3) is 11.4 Å². The molecule has 0 atom stereocenters. The largest absolute Gasteiger partial charge is 0.377 e. The normalized spacial score (nSPS) is 13.9. The van der Waals surface area contributed by atoms with Crippen molar-refractivity contribution in [3.63, 3.8) is 0 Å². The Hall–Kier alpha value is -2.37. The summed E-state index contributed by atoms with van der Waals surface area (Å²) in [5.41, 5.74) is 2.13. The van der Waals surface area contributed by atoms with Crippen molar-refractivity contribution in [3.05, 3.63) is 30.6 Å². The molecule has 0 radical (unpaired) electrons. The molecule has 3 rings (SSSR count). The molecule has 2 N–H and O–H groups in total. The van der Waals surface area contributed by atoms with E-state index < -0.39 is 0 Å². The standard InChI is InChI=1S/C15H20N6/c1-2-9-21-15(19-11-20-21)12-5-3-4-6-13(12)18-10-14-16-7-8-17-14/h3-6,11,18H,2,7-10H2,1H3,(H,16,17). The van der Waals surface area contributed by atoms with Gasteiger partial charge in [-0.15, -0.1) is 0 Å². The van der Waals surface area contributed by atoms with Gasteiger partial charge in [-0.2, -0.15) is 5.10 Å². The second-order valence-electron chi connectivity index (χ2n) is 4.96. The number of hydrogen-bond acceptors (Lipinski definition) is 5. The number of amidine groups is 1. The first-order valence-corrected chi connectivity index (χ1v) is 7.36. The maximum absolute atomic E-state index is 4.41. The first-order valence-electron chi connectivity index (χ1n) is 7.36. The fraction of sp³-hybridized carbons (Fsp3) is 0.400. The Balaban J connectivity index is 1.83. The molecular weight excluding hydrogens is 264 g/mol. The molecule has 2 heterocycles. The smallest absolute Gasteiger partial charge is 0.160 e. The Kier molecular flexibility index (Phi) is 4.14. The van der Waals surface area contributed by atoms with Crippen LogP contribution in [0.3, 0.4) is 0 Å². The molecule has 2 aromatic rings. The SMILES string of the molecule is CCCn1ncnc1-c1ccccc1NCC1=NCCN1. The number of benzene rings is 1. The lowest BCUT2D eigenvalue weighted by Gasteiger charge is -2.12. The van der Waals surface area contributed by atoms with Crippen molar-refractivity contribution in [3.8, 4) is 11.4 Å². The van der Waals surface area contributed by atoms with Crippen LogP contribution in [0.5, 0.6) is 0 Å². The Bertz CT molecular complexity index is 631. The van der Waals surface area contributed by atoms with Crippen LogP contribution in [0.2, 0.25) is 0 Å². The van der Waals surface area contributed by atoms with Crippen molar-refractivity contribution in [1.29, 1.82) is 0 Å². The minimum atomic E-state index is 0.707. The van der Waals surface area contributed by atoms with Gasteiger partial charge in [0.1, 0.15) is 12.2 Å². The zero-order valence-corrected chi connectivity index (χ0v) is 12.2. The highest BCUT2D eigenvalue weighted by atomic mass is 15.3. The zero-order chi connectivity index (χ0) is 14.5. The predicted octanol–water partition coefficient (Wildman–Crippen LogP) is 1.77. The van der Waals surface area contributed by atoms with Crippen LogP contribution in [0.15, 0.2) is 35.6 Å². The Morgan fingerprint density at radius 3 is 3.05 bits per heavy atom. The third kappa shape index (κ3) is 3.04. The topological polar surface area (TPSA) is 67.1 Å². The molecule has 21 heavy (non-hydrogen) atoms. The summed E-state index contributed by atoms with van der Waals surface area (Å²) in [6, 6.07) is 8.19. The Morgan fingerprint density at radius 2 is 2.24 bits per heavy atom. The second kappa shape index (κ2) is 6.39. The number of rotatable bonds is 6. The molecule has 110 valence electrons. The van der Waals surface area contributed by atoms with Gasteiger partial charge in [0.15, 0.2) is 5.82 Å². The third-order valence-corrected chi connectivity index (χ3v) is 3.41. The van der Waals surface area contributed by atoms with Gasteiger partial charge < -0.3 is 10.6 Å². The van der Waals surface area contributed by atoms with E-state index in [-0.39, 0.29) is 0 Å². The monoisotopic (exact) mass is 284 g/mol. The number of anilines is 1. The van der Waals surface area contributed by atoms with Crippen molar-refractivity contribution in [2.24, 2.45) is 4.99 Å². The van der Waals surface area contributed by atoms with E-state index in [1.54, 1.807) is 6.33 Å². The van der Waals surface area contributed by atoms with E-state index in [1.165, 1.54) is 0 Å². The minimum absolute atomic E-state index is 0.707. The number of nitrogens with zero attached hydrogens (tertiary/aromatic N) is 4. The first kappa shape index (κ1) is 13.6. The van der Waals surface area contributed by atoms with E-state index in [0.29, 0.717) is 6.54 Å². The van der Waals surface area contributed by atoms with Gasteiger partial charge in [0.25, 0.3) is 0 Å². The lowest BCUT2D eigenvalue weighted by molar-refractivity contribution is 0.608. The summed E-state index contributed by atoms with van der Waals surface area (Å²) in [7, 11) is 0. The van der Waals surface area contributed by atoms with E-state index in [1.807, 2.05) is 16.8 Å². The van der Waals surface area contributed by atoms with Gasteiger partial charge in [-0.3, -0.25) is 4.99 Å². The summed E-state index contributed by atoms with van der Waals surface area (Å²) in [4.78, 5) is 8.81. The maximum Gasteiger partial charge on any atom is 0.160 e. The summed E-state index contributed by atoms with van der Waals surface area (Å²) < 4.78 is 1.95. The van der Waals surface area contributed by atoms with Crippen LogP contribution in [-0.4, -0.2) is 40.2 Å². The summed E-state index contributed by atoms with van der Waals surface area (Å²) in [5, 5.41) is 11.0. The summed E-state index contributed by atoms with van der Waals surface area (Å²) >= 11 is 0. The van der Waals surface area contributed by atoms with Crippen molar-refractivity contribution in [2.75, 3.05) is 25.0 Å². The summed E-state index contributed by atoms with van der Waals surface area (Å²) in [5.74, 6) is 1.92. The Morgan fingerprint density at radius 1 is 1.33 bits per heavy atom. The zero-order valence-electron chi connectivity index (χ0n) is 12.2. The molecule has 0 amide bonds. The van der Waals surface area contributed by atoms with Gasteiger partial charge in [-0.05, 0) is 18.6 Å². The van der Waals surface area contributed by atoms with Crippen molar-refractivity contribution in [2.45, 2.75) is 19.9 Å². The molecule has 0 saturated heterocycles. The van der Waals surface area contributed by atoms with Gasteiger partial charge in [0, 0.05) is 24.3 Å². The summed E-state index contributed by atoms with van der Waals surface area (Å²) in [6.45, 7) is 5.52. The number of para-hydroxylation sites is 1. The molecule has 0 spiro atoms. The third-order valence-electron chi connectivity index (χ3n) is 3.41. The molecular formula is C15H20N6. The molecule has 0 bridgehead atoms. The van der Waals surface area contributed by atoms with Gasteiger partial charge in [0.2, 0.25) is 0 Å². The number of aliphatic imine (C=N–C) groups is 1. The van der Waals surface area contributed by atoms with Crippen molar-refractivity contribution < 1.29 is 0 Å². The number of aryl methyl sites for hydroxylation is 1. The van der Waals surface area contributed by atoms with Crippen LogP contribution in [-0.2, 0) is 6.54 Å². The maximum atomic E-state index is 4.41. The van der Waals surface area contributed by atoms with E-state index in [2.05, 4.69) is 44.8 Å². The number of nitrogens with one attached hydrogen (secondary N) is 2. The molecule has 6 nitrogen and oxygen atoms in total. The molecule has 1 aromatic heterocycles. The van der Waals surface area contributed by atoms with E-state index in [4.69, 9.17) is 0 Å². The Labute approximate surface area is 124 Å². The minimum Gasteiger partial charge on any atom is -0.377 e. The molecule has 1 aliphatic heterocycles. The molecule has 6 heteroatoms. The molecule has 0 unspecified atom stereocenters. The average molecular weight is 284 g/mol. The van der Waals surface area contributed by atoms with Crippen LogP contribution in [0, 0.1) is 0 Å². The van der Waals surface area contributed by atoms with E-state index in [9.17, 15) is 0 Å². The van der Waals surface area contributed by atoms with Crippen LogP contribution in [0.4, 0.5) is 5.69 Å². The highest BCUT2D eigenvalue weighted by Crippen LogP contribution is 2.25. The molecule has 0 saturated carbocycles. The van der Waals surface area contributed by atoms with Crippen molar-refractivity contribution >= 4 is 11.5 Å². The van der Waals surface area contributed by atoms with Crippen LogP contribution in [0.1, 0.15) is 13.3 Å². The lowest BCUT2D eigenvalue weighted by atomic mass is 10.1. The fourth-order valence-electron chi connectivity index (χ4n) is 2.42. The number of aromatic nitrogens is 3. The van der Waals surface area contributed by atoms with E-state index in [0.717, 1.165) is 49.0 Å². The van der Waals surface area contributed by atoms with Crippen molar-refractivity contribution in [1.82, 2.24) is 20.1 Å².